The van der Waals surface area contributed by atoms with Crippen molar-refractivity contribution >= 4 is 15.7 Å². The molecule has 21 heavy (non-hydrogen) atoms. The molecule has 0 aliphatic heterocycles. The van der Waals surface area contributed by atoms with Gasteiger partial charge < -0.3 is 5.73 Å². The van der Waals surface area contributed by atoms with Crippen LogP contribution in [0, 0.1) is 12.7 Å². The van der Waals surface area contributed by atoms with E-state index >= 15 is 0 Å². The highest BCUT2D eigenvalue weighted by atomic mass is 32.2. The van der Waals surface area contributed by atoms with Gasteiger partial charge in [0, 0.05) is 24.5 Å². The number of hydrogen-bond donors (Lipinski definition) is 1. The zero-order valence-electron chi connectivity index (χ0n) is 11.7. The fraction of sp³-hybridized carbons (Fsp3) is 0.214. The largest absolute Gasteiger partial charge is 0.399 e. The number of nitrogens with zero attached hydrogens (tertiary/aromatic N) is 2. The number of anilines is 1. The van der Waals surface area contributed by atoms with Crippen LogP contribution >= 0.6 is 0 Å². The first kappa shape index (κ1) is 15.4. The van der Waals surface area contributed by atoms with Crippen LogP contribution in [0.3, 0.4) is 0 Å². The number of pyridine rings is 1. The number of halogens is 1. The maximum atomic E-state index is 13.7. The Bertz CT molecular complexity index is 748. The average molecular weight is 309 g/mol. The van der Waals surface area contributed by atoms with Crippen LogP contribution in [0.25, 0.3) is 0 Å². The van der Waals surface area contributed by atoms with Crippen molar-refractivity contribution in [1.82, 2.24) is 9.29 Å². The summed E-state index contributed by atoms with van der Waals surface area (Å²) in [6, 6.07) is 7.61. The van der Waals surface area contributed by atoms with E-state index in [1.807, 2.05) is 0 Å². The van der Waals surface area contributed by atoms with E-state index in [2.05, 4.69) is 4.98 Å². The van der Waals surface area contributed by atoms with Crippen molar-refractivity contribution < 1.29 is 12.8 Å². The lowest BCUT2D eigenvalue weighted by Gasteiger charge is -2.18. The number of sulfonamides is 1. The predicted octanol–water partition coefficient (Wildman–Crippen LogP) is 1.93. The number of aromatic nitrogens is 1. The van der Waals surface area contributed by atoms with Gasteiger partial charge in [0.1, 0.15) is 5.82 Å². The number of benzene rings is 1. The summed E-state index contributed by atoms with van der Waals surface area (Å²) in [6.45, 7) is 1.51. The first-order valence-electron chi connectivity index (χ1n) is 6.24. The molecule has 0 unspecified atom stereocenters. The molecular weight excluding hydrogens is 293 g/mol. The third kappa shape index (κ3) is 3.20. The zero-order chi connectivity index (χ0) is 15.6. The van der Waals surface area contributed by atoms with Crippen LogP contribution in [-0.4, -0.2) is 24.8 Å². The van der Waals surface area contributed by atoms with Crippen molar-refractivity contribution in [2.75, 3.05) is 12.8 Å². The van der Waals surface area contributed by atoms with Crippen molar-refractivity contribution in [2.24, 2.45) is 0 Å². The highest BCUT2D eigenvalue weighted by Crippen LogP contribution is 2.25. The van der Waals surface area contributed by atoms with Gasteiger partial charge >= 0.3 is 0 Å². The second kappa shape index (κ2) is 5.79. The van der Waals surface area contributed by atoms with Gasteiger partial charge in [-0.3, -0.25) is 4.98 Å². The van der Waals surface area contributed by atoms with Crippen LogP contribution < -0.4 is 5.73 Å². The number of rotatable bonds is 4. The Morgan fingerprint density at radius 1 is 1.33 bits per heavy atom. The van der Waals surface area contributed by atoms with Crippen LogP contribution in [0.15, 0.2) is 41.4 Å². The first-order chi connectivity index (χ1) is 9.82. The number of nitrogen functional groups attached to an aromatic ring is 1. The molecule has 2 N–H and O–H groups in total. The zero-order valence-corrected chi connectivity index (χ0v) is 12.6. The van der Waals surface area contributed by atoms with E-state index in [1.54, 1.807) is 24.4 Å². The van der Waals surface area contributed by atoms with Gasteiger partial charge in [-0.05, 0) is 31.2 Å². The molecule has 1 aromatic heterocycles. The van der Waals surface area contributed by atoms with E-state index in [1.165, 1.54) is 20.0 Å². The summed E-state index contributed by atoms with van der Waals surface area (Å²) in [5, 5.41) is 0. The molecule has 112 valence electrons. The van der Waals surface area contributed by atoms with E-state index < -0.39 is 15.8 Å². The second-order valence-corrected chi connectivity index (χ2v) is 6.72. The molecule has 0 fully saturated rings. The van der Waals surface area contributed by atoms with Gasteiger partial charge in [0.25, 0.3) is 0 Å². The molecule has 0 amide bonds. The fourth-order valence-electron chi connectivity index (χ4n) is 1.91. The van der Waals surface area contributed by atoms with Crippen LogP contribution in [0.1, 0.15) is 11.3 Å². The summed E-state index contributed by atoms with van der Waals surface area (Å²) in [6.07, 6.45) is 1.58. The number of hydrogen-bond acceptors (Lipinski definition) is 4. The van der Waals surface area contributed by atoms with E-state index in [4.69, 9.17) is 5.73 Å². The van der Waals surface area contributed by atoms with Crippen molar-refractivity contribution in [3.05, 3.63) is 53.6 Å². The number of nitrogens with two attached hydrogens (primary N) is 1. The molecular formula is C14H16FN3O2S. The molecule has 1 aromatic carbocycles. The molecule has 0 aliphatic carbocycles. The highest BCUT2D eigenvalue weighted by Gasteiger charge is 2.25. The standard InChI is InChI=1S/C14H16FN3O2S/c1-10-13(15)7-11(16)8-14(10)21(19,20)18(2)9-12-5-3-4-6-17-12/h3-8H,9,16H2,1-2H3. The Balaban J connectivity index is 2.38. The Hall–Kier alpha value is -1.99. The molecule has 0 saturated carbocycles. The van der Waals surface area contributed by atoms with Gasteiger partial charge in [0.05, 0.1) is 17.1 Å². The van der Waals surface area contributed by atoms with Gasteiger partial charge in [-0.1, -0.05) is 6.07 Å². The Morgan fingerprint density at radius 2 is 2.05 bits per heavy atom. The Kier molecular flexibility index (Phi) is 4.24. The minimum absolute atomic E-state index is 0.0528. The van der Waals surface area contributed by atoms with Crippen molar-refractivity contribution in [3.63, 3.8) is 0 Å². The van der Waals surface area contributed by atoms with Crippen molar-refractivity contribution in [3.8, 4) is 0 Å². The molecule has 0 bridgehead atoms. The predicted molar refractivity (Wildman–Crippen MR) is 78.4 cm³/mol. The van der Waals surface area contributed by atoms with Gasteiger partial charge in [-0.2, -0.15) is 4.31 Å². The summed E-state index contributed by atoms with van der Waals surface area (Å²) in [4.78, 5) is 3.95. The van der Waals surface area contributed by atoms with Crippen molar-refractivity contribution in [2.45, 2.75) is 18.4 Å². The summed E-state index contributed by atoms with van der Waals surface area (Å²) in [7, 11) is -2.42. The van der Waals surface area contributed by atoms with E-state index in [0.717, 1.165) is 10.4 Å². The normalized spacial score (nSPS) is 11.8. The van der Waals surface area contributed by atoms with Crippen molar-refractivity contribution in [1.29, 1.82) is 0 Å². The highest BCUT2D eigenvalue weighted by molar-refractivity contribution is 7.89. The monoisotopic (exact) mass is 309 g/mol. The molecule has 0 atom stereocenters. The maximum Gasteiger partial charge on any atom is 0.243 e. The molecule has 2 rings (SSSR count). The maximum absolute atomic E-state index is 13.7. The topological polar surface area (TPSA) is 76.3 Å². The van der Waals surface area contributed by atoms with Crippen LogP contribution in [-0.2, 0) is 16.6 Å². The van der Waals surface area contributed by atoms with Crippen LogP contribution in [0.4, 0.5) is 10.1 Å². The minimum Gasteiger partial charge on any atom is -0.399 e. The Morgan fingerprint density at radius 3 is 2.67 bits per heavy atom. The molecule has 0 saturated heterocycles. The molecule has 7 heteroatoms. The molecule has 1 heterocycles. The van der Waals surface area contributed by atoms with Gasteiger partial charge in [0.15, 0.2) is 0 Å². The summed E-state index contributed by atoms with van der Waals surface area (Å²) in [5.41, 5.74) is 6.27. The average Bonchev–Trinajstić information content (AvgIpc) is 2.43. The lowest BCUT2D eigenvalue weighted by molar-refractivity contribution is 0.460. The minimum atomic E-state index is -3.84. The first-order valence-corrected chi connectivity index (χ1v) is 7.68. The second-order valence-electron chi connectivity index (χ2n) is 4.71. The molecule has 0 spiro atoms. The third-order valence-corrected chi connectivity index (χ3v) is 5.05. The lowest BCUT2D eigenvalue weighted by atomic mass is 10.2. The summed E-state index contributed by atoms with van der Waals surface area (Å²) < 4.78 is 39.9. The quantitative estimate of drug-likeness (QED) is 0.876. The smallest absolute Gasteiger partial charge is 0.243 e. The molecule has 0 radical (unpaired) electrons. The Labute approximate surface area is 123 Å². The van der Waals surface area contributed by atoms with Crippen LogP contribution in [0.5, 0.6) is 0 Å². The fourth-order valence-corrected chi connectivity index (χ4v) is 3.32. The third-order valence-electron chi connectivity index (χ3n) is 3.12. The summed E-state index contributed by atoms with van der Waals surface area (Å²) in [5.74, 6) is -0.639. The van der Waals surface area contributed by atoms with E-state index in [9.17, 15) is 12.8 Å². The molecule has 0 aliphatic rings. The molecule has 5 nitrogen and oxygen atoms in total. The molecule has 2 aromatic rings. The SMILES string of the molecule is Cc1c(F)cc(N)cc1S(=O)(=O)N(C)Cc1ccccn1. The summed E-state index contributed by atoms with van der Waals surface area (Å²) >= 11 is 0. The van der Waals surface area contributed by atoms with E-state index in [-0.39, 0.29) is 22.7 Å². The van der Waals surface area contributed by atoms with Gasteiger partial charge in [-0.15, -0.1) is 0 Å². The van der Waals surface area contributed by atoms with Gasteiger partial charge in [-0.25, -0.2) is 12.8 Å². The van der Waals surface area contributed by atoms with Gasteiger partial charge in [0.2, 0.25) is 10.0 Å². The lowest BCUT2D eigenvalue weighted by Crippen LogP contribution is -2.27. The van der Waals surface area contributed by atoms with E-state index in [0.29, 0.717) is 5.69 Å². The van der Waals surface area contributed by atoms with Crippen LogP contribution in [0.2, 0.25) is 0 Å².